The standard InChI is InChI=1S/C9H9NOS/c1-6-7(5-10)8(11-2)3-4-9(6)12/h3-4,12H,1-2H3. The Hall–Kier alpha value is -1.14. The van der Waals surface area contributed by atoms with Crippen LogP contribution in [0.5, 0.6) is 5.75 Å². The molecule has 0 aliphatic rings. The Kier molecular flexibility index (Phi) is 2.61. The lowest BCUT2D eigenvalue weighted by atomic mass is 10.1. The Balaban J connectivity index is 3.38. The zero-order chi connectivity index (χ0) is 9.14. The van der Waals surface area contributed by atoms with Gasteiger partial charge < -0.3 is 4.74 Å². The van der Waals surface area contributed by atoms with Crippen molar-refractivity contribution in [3.05, 3.63) is 23.3 Å². The predicted molar refractivity (Wildman–Crippen MR) is 49.7 cm³/mol. The van der Waals surface area contributed by atoms with Gasteiger partial charge in [-0.2, -0.15) is 5.26 Å². The molecule has 0 heterocycles. The molecule has 12 heavy (non-hydrogen) atoms. The summed E-state index contributed by atoms with van der Waals surface area (Å²) < 4.78 is 5.02. The summed E-state index contributed by atoms with van der Waals surface area (Å²) in [6.45, 7) is 1.85. The van der Waals surface area contributed by atoms with E-state index in [-0.39, 0.29) is 0 Å². The number of benzene rings is 1. The van der Waals surface area contributed by atoms with Crippen LogP contribution in [0.3, 0.4) is 0 Å². The van der Waals surface area contributed by atoms with Gasteiger partial charge in [0.2, 0.25) is 0 Å². The van der Waals surface area contributed by atoms with Gasteiger partial charge in [-0.25, -0.2) is 0 Å². The van der Waals surface area contributed by atoms with Crippen LogP contribution in [0.25, 0.3) is 0 Å². The van der Waals surface area contributed by atoms with Crippen molar-refractivity contribution in [1.29, 1.82) is 5.26 Å². The van der Waals surface area contributed by atoms with Gasteiger partial charge in [0.1, 0.15) is 11.8 Å². The van der Waals surface area contributed by atoms with Crippen molar-refractivity contribution in [3.8, 4) is 11.8 Å². The molecule has 0 aromatic heterocycles. The van der Waals surface area contributed by atoms with Crippen molar-refractivity contribution in [2.45, 2.75) is 11.8 Å². The molecule has 1 aromatic carbocycles. The topological polar surface area (TPSA) is 33.0 Å². The molecule has 0 fully saturated rings. The van der Waals surface area contributed by atoms with E-state index in [9.17, 15) is 0 Å². The van der Waals surface area contributed by atoms with E-state index in [1.807, 2.05) is 13.0 Å². The van der Waals surface area contributed by atoms with Crippen molar-refractivity contribution < 1.29 is 4.74 Å². The minimum absolute atomic E-state index is 0.560. The average molecular weight is 179 g/mol. The fraction of sp³-hybridized carbons (Fsp3) is 0.222. The normalized spacial score (nSPS) is 9.17. The first kappa shape index (κ1) is 8.95. The Morgan fingerprint density at radius 3 is 2.67 bits per heavy atom. The molecule has 2 nitrogen and oxygen atoms in total. The lowest BCUT2D eigenvalue weighted by Gasteiger charge is -2.06. The monoisotopic (exact) mass is 179 g/mol. The van der Waals surface area contributed by atoms with Crippen LogP contribution in [0.15, 0.2) is 17.0 Å². The van der Waals surface area contributed by atoms with E-state index >= 15 is 0 Å². The molecule has 1 aromatic rings. The largest absolute Gasteiger partial charge is 0.495 e. The quantitative estimate of drug-likeness (QED) is 0.670. The molecule has 0 spiro atoms. The zero-order valence-corrected chi connectivity index (χ0v) is 7.85. The molecule has 0 N–H and O–H groups in total. The summed E-state index contributed by atoms with van der Waals surface area (Å²) in [5, 5.41) is 8.79. The highest BCUT2D eigenvalue weighted by Crippen LogP contribution is 2.25. The lowest BCUT2D eigenvalue weighted by molar-refractivity contribution is 0.412. The molecular formula is C9H9NOS. The molecule has 0 bridgehead atoms. The molecule has 0 saturated heterocycles. The fourth-order valence-corrected chi connectivity index (χ4v) is 1.17. The number of methoxy groups -OCH3 is 1. The third kappa shape index (κ3) is 1.39. The second kappa shape index (κ2) is 3.51. The molecule has 1 rings (SSSR count). The molecule has 0 amide bonds. The number of ether oxygens (including phenoxy) is 1. The minimum atomic E-state index is 0.560. The number of rotatable bonds is 1. The third-order valence-electron chi connectivity index (χ3n) is 1.73. The van der Waals surface area contributed by atoms with Crippen LogP contribution in [0.1, 0.15) is 11.1 Å². The van der Waals surface area contributed by atoms with Crippen LogP contribution >= 0.6 is 12.6 Å². The van der Waals surface area contributed by atoms with Gasteiger partial charge in [0.25, 0.3) is 0 Å². The van der Waals surface area contributed by atoms with E-state index < -0.39 is 0 Å². The first-order valence-electron chi connectivity index (χ1n) is 3.47. The van der Waals surface area contributed by atoms with Crippen LogP contribution in [0, 0.1) is 18.3 Å². The summed E-state index contributed by atoms with van der Waals surface area (Å²) in [4.78, 5) is 0.812. The van der Waals surface area contributed by atoms with Crippen LogP contribution in [0.2, 0.25) is 0 Å². The molecule has 3 heteroatoms. The molecule has 62 valence electrons. The first-order chi connectivity index (χ1) is 5.70. The second-order valence-electron chi connectivity index (χ2n) is 2.40. The van der Waals surface area contributed by atoms with E-state index in [4.69, 9.17) is 10.00 Å². The van der Waals surface area contributed by atoms with Gasteiger partial charge >= 0.3 is 0 Å². The predicted octanol–water partition coefficient (Wildman–Crippen LogP) is 2.16. The highest BCUT2D eigenvalue weighted by atomic mass is 32.1. The fourth-order valence-electron chi connectivity index (χ4n) is 0.985. The average Bonchev–Trinajstić information content (AvgIpc) is 2.09. The van der Waals surface area contributed by atoms with Crippen LogP contribution in [-0.4, -0.2) is 7.11 Å². The minimum Gasteiger partial charge on any atom is -0.495 e. The van der Waals surface area contributed by atoms with E-state index in [2.05, 4.69) is 18.7 Å². The SMILES string of the molecule is COc1ccc(S)c(C)c1C#N. The van der Waals surface area contributed by atoms with Crippen LogP contribution in [-0.2, 0) is 0 Å². The highest BCUT2D eigenvalue weighted by Gasteiger charge is 2.07. The van der Waals surface area contributed by atoms with Crippen molar-refractivity contribution in [3.63, 3.8) is 0 Å². The van der Waals surface area contributed by atoms with Gasteiger partial charge in [-0.3, -0.25) is 0 Å². The summed E-state index contributed by atoms with van der Waals surface area (Å²) in [6.07, 6.45) is 0. The summed E-state index contributed by atoms with van der Waals surface area (Å²) in [5.41, 5.74) is 1.42. The third-order valence-corrected chi connectivity index (χ3v) is 2.21. The van der Waals surface area contributed by atoms with Crippen molar-refractivity contribution in [1.82, 2.24) is 0 Å². The van der Waals surface area contributed by atoms with Crippen molar-refractivity contribution >= 4 is 12.6 Å². The Labute approximate surface area is 77.2 Å². The number of hydrogen-bond acceptors (Lipinski definition) is 3. The van der Waals surface area contributed by atoms with E-state index in [0.29, 0.717) is 11.3 Å². The number of hydrogen-bond donors (Lipinski definition) is 1. The molecule has 0 saturated carbocycles. The number of nitrogens with zero attached hydrogens (tertiary/aromatic N) is 1. The van der Waals surface area contributed by atoms with Crippen LogP contribution < -0.4 is 4.74 Å². The maximum absolute atomic E-state index is 8.79. The van der Waals surface area contributed by atoms with Crippen LogP contribution in [0.4, 0.5) is 0 Å². The first-order valence-corrected chi connectivity index (χ1v) is 3.92. The van der Waals surface area contributed by atoms with E-state index in [1.54, 1.807) is 13.2 Å². The maximum atomic E-state index is 8.79. The van der Waals surface area contributed by atoms with Gasteiger partial charge in [0.15, 0.2) is 0 Å². The highest BCUT2D eigenvalue weighted by molar-refractivity contribution is 7.80. The number of nitriles is 1. The van der Waals surface area contributed by atoms with Crippen molar-refractivity contribution in [2.75, 3.05) is 7.11 Å². The molecular weight excluding hydrogens is 170 g/mol. The summed E-state index contributed by atoms with van der Waals surface area (Å²) in [7, 11) is 1.55. The second-order valence-corrected chi connectivity index (χ2v) is 2.88. The molecule has 0 aliphatic carbocycles. The van der Waals surface area contributed by atoms with Crippen molar-refractivity contribution in [2.24, 2.45) is 0 Å². The van der Waals surface area contributed by atoms with E-state index in [0.717, 1.165) is 10.5 Å². The number of thiol groups is 1. The smallest absolute Gasteiger partial charge is 0.136 e. The van der Waals surface area contributed by atoms with Gasteiger partial charge in [0, 0.05) is 4.90 Å². The Morgan fingerprint density at radius 2 is 2.17 bits per heavy atom. The molecule has 0 atom stereocenters. The summed E-state index contributed by atoms with van der Waals surface area (Å²) in [6, 6.07) is 5.64. The molecule has 0 radical (unpaired) electrons. The van der Waals surface area contributed by atoms with Gasteiger partial charge in [0.05, 0.1) is 12.7 Å². The van der Waals surface area contributed by atoms with Gasteiger partial charge in [-0.1, -0.05) is 0 Å². The molecule has 0 aliphatic heterocycles. The lowest BCUT2D eigenvalue weighted by Crippen LogP contribution is -1.91. The Bertz CT molecular complexity index is 341. The Morgan fingerprint density at radius 1 is 1.50 bits per heavy atom. The molecule has 0 unspecified atom stereocenters. The summed E-state index contributed by atoms with van der Waals surface area (Å²) >= 11 is 4.20. The summed E-state index contributed by atoms with van der Waals surface area (Å²) in [5.74, 6) is 0.604. The maximum Gasteiger partial charge on any atom is 0.136 e. The van der Waals surface area contributed by atoms with E-state index in [1.165, 1.54) is 0 Å². The van der Waals surface area contributed by atoms with Gasteiger partial charge in [-0.05, 0) is 24.6 Å². The van der Waals surface area contributed by atoms with Gasteiger partial charge in [-0.15, -0.1) is 12.6 Å². The zero-order valence-electron chi connectivity index (χ0n) is 6.96.